The van der Waals surface area contributed by atoms with Crippen LogP contribution in [-0.4, -0.2) is 20.5 Å². The zero-order valence-electron chi connectivity index (χ0n) is 7.27. The highest BCUT2D eigenvalue weighted by Gasteiger charge is 2.32. The summed E-state index contributed by atoms with van der Waals surface area (Å²) in [5.74, 6) is 1.87. The SMILES string of the molecule is COCOCC1C2C=CC1C=C2. The van der Waals surface area contributed by atoms with Crippen LogP contribution in [0.5, 0.6) is 0 Å². The summed E-state index contributed by atoms with van der Waals surface area (Å²) >= 11 is 0. The number of ether oxygens (including phenoxy) is 2. The predicted octanol–water partition coefficient (Wildman–Crippen LogP) is 1.60. The highest BCUT2D eigenvalue weighted by atomic mass is 16.7. The van der Waals surface area contributed by atoms with Crippen molar-refractivity contribution in [2.45, 2.75) is 0 Å². The molecule has 2 aliphatic carbocycles. The zero-order chi connectivity index (χ0) is 8.39. The van der Waals surface area contributed by atoms with Gasteiger partial charge in [-0.05, 0) is 0 Å². The van der Waals surface area contributed by atoms with Crippen LogP contribution in [0.4, 0.5) is 0 Å². The lowest BCUT2D eigenvalue weighted by atomic mass is 9.96. The van der Waals surface area contributed by atoms with Gasteiger partial charge in [0.25, 0.3) is 0 Å². The van der Waals surface area contributed by atoms with E-state index in [9.17, 15) is 0 Å². The second kappa shape index (κ2) is 3.42. The Morgan fingerprint density at radius 1 is 1.08 bits per heavy atom. The molecule has 2 rings (SSSR count). The lowest BCUT2D eigenvalue weighted by Crippen LogP contribution is -2.16. The molecular formula is C10H14O2. The van der Waals surface area contributed by atoms with Gasteiger partial charge in [0.1, 0.15) is 6.79 Å². The maximum absolute atomic E-state index is 5.35. The third-order valence-electron chi connectivity index (χ3n) is 2.61. The van der Waals surface area contributed by atoms with Gasteiger partial charge in [-0.15, -0.1) is 0 Å². The predicted molar refractivity (Wildman–Crippen MR) is 46.6 cm³/mol. The normalized spacial score (nSPS) is 36.6. The summed E-state index contributed by atoms with van der Waals surface area (Å²) in [6, 6.07) is 0. The van der Waals surface area contributed by atoms with Gasteiger partial charge < -0.3 is 9.47 Å². The first-order valence-electron chi connectivity index (χ1n) is 4.35. The summed E-state index contributed by atoms with van der Waals surface area (Å²) in [4.78, 5) is 0. The number of methoxy groups -OCH3 is 1. The molecule has 0 aromatic rings. The van der Waals surface area contributed by atoms with Crippen molar-refractivity contribution in [2.75, 3.05) is 20.5 Å². The first-order chi connectivity index (χ1) is 5.92. The van der Waals surface area contributed by atoms with E-state index < -0.39 is 0 Å². The Bertz CT molecular complexity index is 178. The molecule has 0 radical (unpaired) electrons. The van der Waals surface area contributed by atoms with Crippen molar-refractivity contribution < 1.29 is 9.47 Å². The minimum Gasteiger partial charge on any atom is -0.359 e. The molecule has 0 N–H and O–H groups in total. The van der Waals surface area contributed by atoms with E-state index in [4.69, 9.17) is 9.47 Å². The average molecular weight is 166 g/mol. The quantitative estimate of drug-likeness (QED) is 0.359. The lowest BCUT2D eigenvalue weighted by molar-refractivity contribution is -0.0464. The molecule has 2 aliphatic rings. The van der Waals surface area contributed by atoms with E-state index in [1.54, 1.807) is 7.11 Å². The van der Waals surface area contributed by atoms with Crippen molar-refractivity contribution in [3.8, 4) is 0 Å². The van der Waals surface area contributed by atoms with Gasteiger partial charge in [-0.25, -0.2) is 0 Å². The molecule has 2 heteroatoms. The van der Waals surface area contributed by atoms with Gasteiger partial charge in [-0.1, -0.05) is 24.3 Å². The fourth-order valence-corrected chi connectivity index (χ4v) is 1.96. The Balaban J connectivity index is 1.77. The van der Waals surface area contributed by atoms with E-state index in [-0.39, 0.29) is 0 Å². The van der Waals surface area contributed by atoms with E-state index in [0.29, 0.717) is 24.5 Å². The number of hydrogen-bond acceptors (Lipinski definition) is 2. The summed E-state index contributed by atoms with van der Waals surface area (Å²) in [7, 11) is 1.65. The Labute approximate surface area is 72.9 Å². The van der Waals surface area contributed by atoms with Crippen LogP contribution in [-0.2, 0) is 9.47 Å². The molecule has 2 nitrogen and oxygen atoms in total. The van der Waals surface area contributed by atoms with E-state index >= 15 is 0 Å². The molecule has 0 atom stereocenters. The van der Waals surface area contributed by atoms with Crippen LogP contribution in [0.1, 0.15) is 0 Å². The van der Waals surface area contributed by atoms with Crippen molar-refractivity contribution in [1.82, 2.24) is 0 Å². The van der Waals surface area contributed by atoms with Crippen LogP contribution in [0.2, 0.25) is 0 Å². The summed E-state index contributed by atoms with van der Waals surface area (Å²) in [5.41, 5.74) is 0. The second-order valence-corrected chi connectivity index (χ2v) is 3.37. The molecule has 0 saturated heterocycles. The summed E-state index contributed by atoms with van der Waals surface area (Å²) in [5, 5.41) is 0. The molecule has 0 fully saturated rings. The topological polar surface area (TPSA) is 18.5 Å². The van der Waals surface area contributed by atoms with Crippen LogP contribution < -0.4 is 0 Å². The lowest BCUT2D eigenvalue weighted by Gasteiger charge is -2.15. The molecule has 0 aromatic heterocycles. The third kappa shape index (κ3) is 1.32. The summed E-state index contributed by atoms with van der Waals surface area (Å²) in [6.45, 7) is 1.22. The van der Waals surface area contributed by atoms with E-state index in [0.717, 1.165) is 6.61 Å². The maximum atomic E-state index is 5.35. The van der Waals surface area contributed by atoms with Crippen molar-refractivity contribution in [3.63, 3.8) is 0 Å². The zero-order valence-corrected chi connectivity index (χ0v) is 7.27. The minimum atomic E-state index is 0.413. The van der Waals surface area contributed by atoms with E-state index in [2.05, 4.69) is 24.3 Å². The molecular weight excluding hydrogens is 152 g/mol. The van der Waals surface area contributed by atoms with Gasteiger partial charge in [-0.3, -0.25) is 0 Å². The number of fused-ring (bicyclic) bond motifs is 2. The monoisotopic (exact) mass is 166 g/mol. The van der Waals surface area contributed by atoms with E-state index in [1.165, 1.54) is 0 Å². The van der Waals surface area contributed by atoms with Gasteiger partial charge >= 0.3 is 0 Å². The first-order valence-corrected chi connectivity index (χ1v) is 4.35. The molecule has 0 unspecified atom stereocenters. The van der Waals surface area contributed by atoms with Crippen LogP contribution in [0, 0.1) is 17.8 Å². The number of allylic oxidation sites excluding steroid dienone is 4. The Morgan fingerprint density at radius 2 is 1.67 bits per heavy atom. The largest absolute Gasteiger partial charge is 0.359 e. The van der Waals surface area contributed by atoms with Crippen LogP contribution in [0.25, 0.3) is 0 Å². The molecule has 12 heavy (non-hydrogen) atoms. The molecule has 2 bridgehead atoms. The standard InChI is InChI=1S/C10H14O2/c1-11-7-12-6-10-8-2-3-9(10)5-4-8/h2-5,8-10H,6-7H2,1H3. The average Bonchev–Trinajstić information content (AvgIpc) is 2.65. The summed E-state index contributed by atoms with van der Waals surface area (Å²) < 4.78 is 10.2. The van der Waals surface area contributed by atoms with Crippen molar-refractivity contribution in [2.24, 2.45) is 17.8 Å². The highest BCUT2D eigenvalue weighted by Crippen LogP contribution is 2.38. The molecule has 0 aliphatic heterocycles. The Kier molecular flexibility index (Phi) is 2.28. The molecule has 0 amide bonds. The molecule has 66 valence electrons. The van der Waals surface area contributed by atoms with E-state index in [1.807, 2.05) is 0 Å². The van der Waals surface area contributed by atoms with Gasteiger partial charge in [0, 0.05) is 24.9 Å². The van der Waals surface area contributed by atoms with Gasteiger partial charge in [0.15, 0.2) is 0 Å². The maximum Gasteiger partial charge on any atom is 0.146 e. The fraction of sp³-hybridized carbons (Fsp3) is 0.600. The molecule has 0 heterocycles. The smallest absolute Gasteiger partial charge is 0.146 e. The fourth-order valence-electron chi connectivity index (χ4n) is 1.96. The van der Waals surface area contributed by atoms with Crippen molar-refractivity contribution >= 4 is 0 Å². The van der Waals surface area contributed by atoms with Gasteiger partial charge in [0.05, 0.1) is 6.61 Å². The van der Waals surface area contributed by atoms with Gasteiger partial charge in [0.2, 0.25) is 0 Å². The minimum absolute atomic E-state index is 0.413. The van der Waals surface area contributed by atoms with Crippen molar-refractivity contribution in [1.29, 1.82) is 0 Å². The highest BCUT2D eigenvalue weighted by molar-refractivity contribution is 5.25. The number of rotatable bonds is 4. The van der Waals surface area contributed by atoms with Crippen LogP contribution in [0.15, 0.2) is 24.3 Å². The Hall–Kier alpha value is -0.600. The first kappa shape index (κ1) is 8.02. The molecule has 0 saturated carbocycles. The van der Waals surface area contributed by atoms with Crippen LogP contribution in [0.3, 0.4) is 0 Å². The summed E-state index contributed by atoms with van der Waals surface area (Å²) in [6.07, 6.45) is 9.08. The van der Waals surface area contributed by atoms with Crippen LogP contribution >= 0.6 is 0 Å². The molecule has 0 spiro atoms. The number of hydrogen-bond donors (Lipinski definition) is 0. The molecule has 0 aromatic carbocycles. The second-order valence-electron chi connectivity index (χ2n) is 3.37. The third-order valence-corrected chi connectivity index (χ3v) is 2.61. The van der Waals surface area contributed by atoms with Crippen molar-refractivity contribution in [3.05, 3.63) is 24.3 Å². The van der Waals surface area contributed by atoms with Gasteiger partial charge in [-0.2, -0.15) is 0 Å². The Morgan fingerprint density at radius 3 is 2.17 bits per heavy atom.